The molecule has 2 aliphatic heterocycles. The molecule has 0 amide bonds. The van der Waals surface area contributed by atoms with Gasteiger partial charge in [0, 0.05) is 25.2 Å². The van der Waals surface area contributed by atoms with E-state index in [4.69, 9.17) is 15.2 Å². The first-order chi connectivity index (χ1) is 9.48. The van der Waals surface area contributed by atoms with Gasteiger partial charge in [-0.2, -0.15) is 4.31 Å². The Bertz CT molecular complexity index is 630. The Hall–Kier alpha value is -1.31. The zero-order valence-electron chi connectivity index (χ0n) is 11.3. The van der Waals surface area contributed by atoms with Crippen molar-refractivity contribution >= 4 is 10.0 Å². The van der Waals surface area contributed by atoms with Crippen LogP contribution in [0.5, 0.6) is 11.5 Å². The molecular formula is C13H18N2O4S. The second-order valence-electron chi connectivity index (χ2n) is 5.24. The number of rotatable bonds is 2. The summed E-state index contributed by atoms with van der Waals surface area (Å²) in [5.41, 5.74) is 6.54. The zero-order chi connectivity index (χ0) is 14.3. The second kappa shape index (κ2) is 4.91. The summed E-state index contributed by atoms with van der Waals surface area (Å²) in [5, 5.41) is 0. The minimum absolute atomic E-state index is 0.0900. The molecule has 0 unspecified atom stereocenters. The predicted molar refractivity (Wildman–Crippen MR) is 73.3 cm³/mol. The molecule has 7 heteroatoms. The van der Waals surface area contributed by atoms with Gasteiger partial charge < -0.3 is 15.2 Å². The van der Waals surface area contributed by atoms with Gasteiger partial charge in [0.1, 0.15) is 0 Å². The van der Waals surface area contributed by atoms with Gasteiger partial charge >= 0.3 is 0 Å². The van der Waals surface area contributed by atoms with Gasteiger partial charge in [0.15, 0.2) is 11.5 Å². The van der Waals surface area contributed by atoms with Crippen LogP contribution in [0.4, 0.5) is 0 Å². The summed E-state index contributed by atoms with van der Waals surface area (Å²) in [6.45, 7) is 2.78. The maximum absolute atomic E-state index is 12.7. The van der Waals surface area contributed by atoms with E-state index in [1.807, 2.05) is 0 Å². The lowest BCUT2D eigenvalue weighted by Crippen LogP contribution is -2.45. The highest BCUT2D eigenvalue weighted by molar-refractivity contribution is 7.89. The minimum atomic E-state index is -3.53. The number of aryl methyl sites for hydroxylation is 1. The van der Waals surface area contributed by atoms with Crippen molar-refractivity contribution < 1.29 is 17.9 Å². The fraction of sp³-hybridized carbons (Fsp3) is 0.538. The molecule has 0 radical (unpaired) electrons. The summed E-state index contributed by atoms with van der Waals surface area (Å²) < 4.78 is 37.4. The van der Waals surface area contributed by atoms with Gasteiger partial charge in [-0.1, -0.05) is 0 Å². The Morgan fingerprint density at radius 1 is 1.30 bits per heavy atom. The number of ether oxygens (including phenoxy) is 2. The summed E-state index contributed by atoms with van der Waals surface area (Å²) in [6.07, 6.45) is 1.66. The van der Waals surface area contributed by atoms with Crippen LogP contribution in [0.2, 0.25) is 0 Å². The first kappa shape index (κ1) is 13.7. The number of hydrogen-bond donors (Lipinski definition) is 1. The number of nitrogens with two attached hydrogens (primary N) is 1. The predicted octanol–water partition coefficient (Wildman–Crippen LogP) is 0.836. The number of sulfonamides is 1. The largest absolute Gasteiger partial charge is 0.454 e. The van der Waals surface area contributed by atoms with E-state index in [0.717, 1.165) is 12.8 Å². The number of benzene rings is 1. The van der Waals surface area contributed by atoms with Crippen LogP contribution in [0.1, 0.15) is 18.4 Å². The highest BCUT2D eigenvalue weighted by Crippen LogP contribution is 2.37. The molecule has 1 fully saturated rings. The molecule has 0 saturated carbocycles. The quantitative estimate of drug-likeness (QED) is 0.875. The molecule has 1 atom stereocenters. The maximum atomic E-state index is 12.7. The SMILES string of the molecule is Cc1cc2c(cc1S(=O)(=O)N1CCC[C@@H](N)C1)OCO2. The lowest BCUT2D eigenvalue weighted by molar-refractivity contribution is 0.174. The van der Waals surface area contributed by atoms with E-state index in [0.29, 0.717) is 30.2 Å². The number of hydrogen-bond acceptors (Lipinski definition) is 5. The van der Waals surface area contributed by atoms with Crippen molar-refractivity contribution in [2.75, 3.05) is 19.9 Å². The molecule has 2 N–H and O–H groups in total. The third-order valence-corrected chi connectivity index (χ3v) is 5.72. The van der Waals surface area contributed by atoms with Gasteiger partial charge in [-0.25, -0.2) is 8.42 Å². The van der Waals surface area contributed by atoms with E-state index >= 15 is 0 Å². The number of piperidine rings is 1. The zero-order valence-corrected chi connectivity index (χ0v) is 12.1. The van der Waals surface area contributed by atoms with Gasteiger partial charge in [-0.15, -0.1) is 0 Å². The molecule has 0 aliphatic carbocycles. The van der Waals surface area contributed by atoms with E-state index in [1.165, 1.54) is 4.31 Å². The van der Waals surface area contributed by atoms with Crippen molar-refractivity contribution in [2.45, 2.75) is 30.7 Å². The van der Waals surface area contributed by atoms with Crippen LogP contribution >= 0.6 is 0 Å². The Morgan fingerprint density at radius 3 is 2.70 bits per heavy atom. The van der Waals surface area contributed by atoms with Gasteiger partial charge in [-0.3, -0.25) is 0 Å². The van der Waals surface area contributed by atoms with E-state index in [-0.39, 0.29) is 17.7 Å². The molecule has 2 heterocycles. The molecule has 1 saturated heterocycles. The molecule has 0 bridgehead atoms. The number of fused-ring (bicyclic) bond motifs is 1. The summed E-state index contributed by atoms with van der Waals surface area (Å²) in [7, 11) is -3.53. The first-order valence-electron chi connectivity index (χ1n) is 6.64. The van der Waals surface area contributed by atoms with E-state index in [2.05, 4.69) is 0 Å². The van der Waals surface area contributed by atoms with E-state index in [1.54, 1.807) is 19.1 Å². The topological polar surface area (TPSA) is 81.9 Å². The molecule has 6 nitrogen and oxygen atoms in total. The van der Waals surface area contributed by atoms with E-state index < -0.39 is 10.0 Å². The van der Waals surface area contributed by atoms with Crippen LogP contribution < -0.4 is 15.2 Å². The van der Waals surface area contributed by atoms with Crippen LogP contribution in [0, 0.1) is 6.92 Å². The molecular weight excluding hydrogens is 280 g/mol. The molecule has 20 heavy (non-hydrogen) atoms. The van der Waals surface area contributed by atoms with Crippen molar-refractivity contribution in [1.82, 2.24) is 4.31 Å². The van der Waals surface area contributed by atoms with Crippen molar-refractivity contribution in [1.29, 1.82) is 0 Å². The summed E-state index contributed by atoms with van der Waals surface area (Å²) in [6, 6.07) is 3.17. The monoisotopic (exact) mass is 298 g/mol. The van der Waals surface area contributed by atoms with Gasteiger partial charge in [0.2, 0.25) is 16.8 Å². The standard InChI is InChI=1S/C13H18N2O4S/c1-9-5-11-12(19-8-18-11)6-13(9)20(16,17)15-4-2-3-10(14)7-15/h5-6,10H,2-4,7-8,14H2,1H3/t10-/m1/s1. The van der Waals surface area contributed by atoms with E-state index in [9.17, 15) is 8.42 Å². The highest BCUT2D eigenvalue weighted by Gasteiger charge is 2.31. The first-order valence-corrected chi connectivity index (χ1v) is 8.08. The van der Waals surface area contributed by atoms with Gasteiger partial charge in [-0.05, 0) is 31.4 Å². The Kier molecular flexibility index (Phi) is 3.35. The van der Waals surface area contributed by atoms with Crippen molar-refractivity contribution in [2.24, 2.45) is 5.73 Å². The van der Waals surface area contributed by atoms with Crippen molar-refractivity contribution in [3.63, 3.8) is 0 Å². The molecule has 0 aromatic heterocycles. The lowest BCUT2D eigenvalue weighted by Gasteiger charge is -2.30. The average molecular weight is 298 g/mol. The van der Waals surface area contributed by atoms with Gasteiger partial charge in [0.25, 0.3) is 0 Å². The fourth-order valence-corrected chi connectivity index (χ4v) is 4.39. The normalized spacial score (nSPS) is 23.0. The Balaban J connectivity index is 1.99. The molecule has 0 spiro atoms. The summed E-state index contributed by atoms with van der Waals surface area (Å²) in [5.74, 6) is 1.08. The van der Waals surface area contributed by atoms with Crippen molar-refractivity contribution in [3.8, 4) is 11.5 Å². The molecule has 1 aromatic carbocycles. The van der Waals surface area contributed by atoms with Crippen molar-refractivity contribution in [3.05, 3.63) is 17.7 Å². The van der Waals surface area contributed by atoms with Crippen LogP contribution in [0.3, 0.4) is 0 Å². The Morgan fingerprint density at radius 2 is 2.00 bits per heavy atom. The third-order valence-electron chi connectivity index (χ3n) is 3.71. The highest BCUT2D eigenvalue weighted by atomic mass is 32.2. The maximum Gasteiger partial charge on any atom is 0.243 e. The Labute approximate surface area is 118 Å². The summed E-state index contributed by atoms with van der Waals surface area (Å²) in [4.78, 5) is 0.274. The van der Waals surface area contributed by atoms with Crippen LogP contribution in [-0.2, 0) is 10.0 Å². The smallest absolute Gasteiger partial charge is 0.243 e. The van der Waals surface area contributed by atoms with Gasteiger partial charge in [0.05, 0.1) is 4.90 Å². The van der Waals surface area contributed by atoms with Crippen LogP contribution in [-0.4, -0.2) is 38.6 Å². The molecule has 1 aromatic rings. The molecule has 3 rings (SSSR count). The summed E-state index contributed by atoms with van der Waals surface area (Å²) >= 11 is 0. The lowest BCUT2D eigenvalue weighted by atomic mass is 10.1. The fourth-order valence-electron chi connectivity index (χ4n) is 2.63. The number of nitrogens with zero attached hydrogens (tertiary/aromatic N) is 1. The average Bonchev–Trinajstić information content (AvgIpc) is 2.84. The molecule has 2 aliphatic rings. The third kappa shape index (κ3) is 2.25. The molecule has 110 valence electrons. The van der Waals surface area contributed by atoms with Crippen LogP contribution in [0.25, 0.3) is 0 Å². The minimum Gasteiger partial charge on any atom is -0.454 e. The van der Waals surface area contributed by atoms with Crippen LogP contribution in [0.15, 0.2) is 17.0 Å². The second-order valence-corrected chi connectivity index (χ2v) is 7.14.